The lowest BCUT2D eigenvalue weighted by molar-refractivity contribution is 0.415. The van der Waals surface area contributed by atoms with Crippen LogP contribution < -0.4 is 10.5 Å². The number of phenols is 3. The van der Waals surface area contributed by atoms with Gasteiger partial charge >= 0.3 is 0 Å². The van der Waals surface area contributed by atoms with Crippen molar-refractivity contribution in [3.8, 4) is 23.0 Å². The Kier molecular flexibility index (Phi) is 13.0. The predicted octanol–water partition coefficient (Wildman–Crippen LogP) is 10.5. The molecule has 29 heteroatoms. The van der Waals surface area contributed by atoms with E-state index in [4.69, 9.17) is 10.5 Å². The maximum Gasteiger partial charge on any atom is 0.297 e. The Bertz CT molecular complexity index is 4190. The molecule has 0 heterocycles. The molecule has 72 heavy (non-hydrogen) atoms. The number of methoxy groups -OCH3 is 1. The van der Waals surface area contributed by atoms with Crippen LogP contribution in [-0.2, 0) is 40.5 Å². The molecule has 8 aromatic carbocycles. The van der Waals surface area contributed by atoms with Gasteiger partial charge in [-0.2, -0.15) is 43.9 Å². The van der Waals surface area contributed by atoms with Crippen molar-refractivity contribution >= 4 is 124 Å². The van der Waals surface area contributed by atoms with Crippen LogP contribution in [0.5, 0.6) is 23.0 Å². The number of nitrogens with zero attached hydrogens (tertiary/aromatic N) is 8. The summed E-state index contributed by atoms with van der Waals surface area (Å²) in [6, 6.07) is 24.1. The largest absolute Gasteiger partial charge is 0.505 e. The lowest BCUT2D eigenvalue weighted by Gasteiger charge is -2.13. The lowest BCUT2D eigenvalue weighted by atomic mass is 10.1. The smallest absolute Gasteiger partial charge is 0.297 e. The van der Waals surface area contributed by atoms with E-state index in [-0.39, 0.29) is 50.3 Å². The number of anilines is 1. The quantitative estimate of drug-likeness (QED) is 0.0302. The molecule has 0 spiro atoms. The first-order valence-electron chi connectivity index (χ1n) is 19.8. The zero-order valence-corrected chi connectivity index (χ0v) is 39.3. The third kappa shape index (κ3) is 9.97. The Hall–Kier alpha value is -8.42. The van der Waals surface area contributed by atoms with Gasteiger partial charge in [-0.05, 0) is 102 Å². The van der Waals surface area contributed by atoms with Gasteiger partial charge in [0.25, 0.3) is 40.5 Å². The first kappa shape index (κ1) is 50.0. The Morgan fingerprint density at radius 2 is 0.958 bits per heavy atom. The molecule has 0 aliphatic rings. The molecule has 0 fully saturated rings. The van der Waals surface area contributed by atoms with Gasteiger partial charge in [0.1, 0.15) is 59.5 Å². The van der Waals surface area contributed by atoms with E-state index in [2.05, 4.69) is 40.9 Å². The van der Waals surface area contributed by atoms with E-state index >= 15 is 0 Å². The second-order valence-electron chi connectivity index (χ2n) is 15.0. The number of hydrogen-bond donors (Lipinski definition) is 8. The summed E-state index contributed by atoms with van der Waals surface area (Å²) in [5.74, 6) is -1.63. The number of aromatic hydroxyl groups is 3. The average molecular weight is 1060 g/mol. The third-order valence-corrected chi connectivity index (χ3v) is 14.0. The fourth-order valence-corrected chi connectivity index (χ4v) is 9.90. The molecule has 0 radical (unpaired) electrons. The number of ether oxygens (including phenoxy) is 1. The first-order valence-corrected chi connectivity index (χ1v) is 25.6. The molecule has 25 nitrogen and oxygen atoms in total. The van der Waals surface area contributed by atoms with Crippen LogP contribution >= 0.6 is 0 Å². The summed E-state index contributed by atoms with van der Waals surface area (Å²) in [4.78, 5) is -3.88. The zero-order valence-electron chi connectivity index (χ0n) is 36.1. The molecule has 368 valence electrons. The van der Waals surface area contributed by atoms with Crippen molar-refractivity contribution in [3.63, 3.8) is 0 Å². The summed E-state index contributed by atoms with van der Waals surface area (Å²) < 4.78 is 145. The highest BCUT2D eigenvalue weighted by atomic mass is 32.2. The van der Waals surface area contributed by atoms with Crippen molar-refractivity contribution in [2.45, 2.75) is 19.6 Å². The van der Waals surface area contributed by atoms with Crippen molar-refractivity contribution in [1.29, 1.82) is 0 Å². The Labute approximate surface area is 405 Å². The number of fused-ring (bicyclic) bond motifs is 3. The zero-order chi connectivity index (χ0) is 52.1. The molecule has 0 aromatic heterocycles. The van der Waals surface area contributed by atoms with Crippen molar-refractivity contribution in [2.75, 3.05) is 12.8 Å². The average Bonchev–Trinajstić information content (AvgIpc) is 3.31. The van der Waals surface area contributed by atoms with E-state index in [1.165, 1.54) is 92.0 Å². The summed E-state index contributed by atoms with van der Waals surface area (Å²) in [5, 5.41) is 63.8. The maximum absolute atomic E-state index is 13.0. The maximum atomic E-state index is 13.0. The highest BCUT2D eigenvalue weighted by molar-refractivity contribution is 7.87. The molecule has 0 amide bonds. The van der Waals surface area contributed by atoms with Gasteiger partial charge in [-0.1, -0.05) is 24.3 Å². The van der Waals surface area contributed by atoms with Crippen LogP contribution in [-0.4, -0.2) is 74.3 Å². The van der Waals surface area contributed by atoms with Crippen LogP contribution in [0.25, 0.3) is 32.3 Å². The van der Waals surface area contributed by atoms with Crippen molar-refractivity contribution < 1.29 is 71.9 Å². The fourth-order valence-electron chi connectivity index (χ4n) is 7.13. The Morgan fingerprint density at radius 3 is 1.61 bits per heavy atom. The molecular weight excluding hydrogens is 1030 g/mol. The van der Waals surface area contributed by atoms with Crippen molar-refractivity contribution in [3.05, 3.63) is 115 Å². The van der Waals surface area contributed by atoms with E-state index < -0.39 is 105 Å². The topological polar surface area (TPSA) is 412 Å². The Morgan fingerprint density at radius 1 is 0.431 bits per heavy atom. The summed E-state index contributed by atoms with van der Waals surface area (Å²) in [6.07, 6.45) is 0. The van der Waals surface area contributed by atoms with Crippen LogP contribution in [0, 0.1) is 0 Å². The molecule has 0 unspecified atom stereocenters. The molecule has 9 N–H and O–H groups in total. The molecule has 8 rings (SSSR count). The number of rotatable bonds is 13. The van der Waals surface area contributed by atoms with Gasteiger partial charge in [0, 0.05) is 16.2 Å². The van der Waals surface area contributed by atoms with Crippen LogP contribution in [0.2, 0.25) is 0 Å². The summed E-state index contributed by atoms with van der Waals surface area (Å²) in [7, 11) is -19.3. The van der Waals surface area contributed by atoms with Crippen LogP contribution in [0.1, 0.15) is 0 Å². The summed E-state index contributed by atoms with van der Waals surface area (Å²) >= 11 is 0. The first-order chi connectivity index (χ1) is 33.8. The van der Waals surface area contributed by atoms with Gasteiger partial charge < -0.3 is 25.8 Å². The monoisotopic (exact) mass is 1060 g/mol. The van der Waals surface area contributed by atoms with Gasteiger partial charge in [0.05, 0.1) is 29.6 Å². The summed E-state index contributed by atoms with van der Waals surface area (Å²) in [5.41, 5.74) is 3.00. The number of azo groups is 4. The second-order valence-corrected chi connectivity index (χ2v) is 20.5. The number of nitrogen functional groups attached to an aromatic ring is 1. The molecular formula is C43H31N9O16S4. The second kappa shape index (κ2) is 18.7. The molecule has 0 atom stereocenters. The van der Waals surface area contributed by atoms with Gasteiger partial charge in [0.15, 0.2) is 17.2 Å². The number of hydrogen-bond acceptors (Lipinski definition) is 21. The SMILES string of the molecule is COc1ccc(N=Nc2c(S(=O)(=O)O)cc3c(S(=O)(=O)O)c(N=Nc4c(S(=O)(=O)O)cc5ccc(N=Nc6ccc7c(O)c(N=Nc8ccccc8S(=O)(=O)O)ccc7c6)c(O)c5c4N)ccc3c2O)cc1. The number of phenolic OH excluding ortho intramolecular Hbond substituents is 3. The third-order valence-electron chi connectivity index (χ3n) is 10.4. The Balaban J connectivity index is 1.17. The predicted molar refractivity (Wildman–Crippen MR) is 257 cm³/mol. The van der Waals surface area contributed by atoms with E-state index in [9.17, 15) is 67.2 Å². The van der Waals surface area contributed by atoms with Crippen molar-refractivity contribution in [1.82, 2.24) is 0 Å². The van der Waals surface area contributed by atoms with Gasteiger partial charge in [0.2, 0.25) is 0 Å². The number of nitrogens with two attached hydrogens (primary N) is 1. The van der Waals surface area contributed by atoms with E-state index in [0.29, 0.717) is 17.2 Å². The van der Waals surface area contributed by atoms with E-state index in [1.807, 2.05) is 0 Å². The van der Waals surface area contributed by atoms with Crippen molar-refractivity contribution in [2.24, 2.45) is 40.9 Å². The highest BCUT2D eigenvalue weighted by Crippen LogP contribution is 2.48. The molecule has 0 saturated carbocycles. The van der Waals surface area contributed by atoms with Gasteiger partial charge in [-0.25, -0.2) is 0 Å². The number of benzene rings is 8. The van der Waals surface area contributed by atoms with Gasteiger partial charge in [-0.15, -0.1) is 30.7 Å². The van der Waals surface area contributed by atoms with Crippen LogP contribution in [0.15, 0.2) is 176 Å². The molecule has 0 aliphatic heterocycles. The minimum atomic E-state index is -5.49. The minimum Gasteiger partial charge on any atom is -0.505 e. The highest BCUT2D eigenvalue weighted by Gasteiger charge is 2.29. The van der Waals surface area contributed by atoms with Gasteiger partial charge in [-0.3, -0.25) is 18.2 Å². The molecule has 0 aliphatic carbocycles. The fraction of sp³-hybridized carbons (Fsp3) is 0.0233. The minimum absolute atomic E-state index is 0.0533. The molecule has 0 bridgehead atoms. The normalized spacial score (nSPS) is 13.0. The summed E-state index contributed by atoms with van der Waals surface area (Å²) in [6.45, 7) is 0. The van der Waals surface area contributed by atoms with Crippen LogP contribution in [0.3, 0.4) is 0 Å². The van der Waals surface area contributed by atoms with E-state index in [0.717, 1.165) is 24.3 Å². The lowest BCUT2D eigenvalue weighted by Crippen LogP contribution is -2.03. The molecule has 0 saturated heterocycles. The van der Waals surface area contributed by atoms with E-state index in [1.54, 1.807) is 0 Å². The van der Waals surface area contributed by atoms with Crippen LogP contribution in [0.4, 0.5) is 51.2 Å². The standard InChI is InChI=1S/C43H31N9O16S4/c1-68-25-11-8-23(9-12-25)45-52-39-35(71(62,63)64)20-28-27(41(39)54)14-17-32(43(28)72(65,66)67)50-51-38-34(70(59,60)61)19-22-7-16-31(42(55)36(22)37(38)44)48-46-24-10-13-26-21(18-24)6-15-30(40(26)53)49-47-29-4-2-3-5-33(29)69(56,57)58/h2-20,53-55H,44H2,1H3,(H,56,57,58)(H,59,60,61)(H,62,63,64)(H,65,66,67). The molecule has 8 aromatic rings.